The molecule has 4 nitrogen and oxygen atoms in total. The van der Waals surface area contributed by atoms with Crippen molar-refractivity contribution < 1.29 is 18.0 Å². The first-order chi connectivity index (χ1) is 10.8. The summed E-state index contributed by atoms with van der Waals surface area (Å²) >= 11 is 0. The van der Waals surface area contributed by atoms with Crippen LogP contribution < -0.4 is 5.32 Å². The molecule has 1 heterocycles. The maximum absolute atomic E-state index is 12.5. The molecule has 23 heavy (non-hydrogen) atoms. The molecule has 0 bridgehead atoms. The molecule has 0 unspecified atom stereocenters. The van der Waals surface area contributed by atoms with E-state index >= 15 is 0 Å². The van der Waals surface area contributed by atoms with E-state index in [9.17, 15) is 18.0 Å². The number of nitrogens with one attached hydrogen (secondary N) is 1. The number of carbonyl (C=O) groups is 1. The highest BCUT2D eigenvalue weighted by molar-refractivity contribution is 5.78. The Balaban J connectivity index is 1.88. The lowest BCUT2D eigenvalue weighted by Gasteiger charge is -2.13. The minimum Gasteiger partial charge on any atom is -0.352 e. The van der Waals surface area contributed by atoms with Gasteiger partial charge in [-0.2, -0.15) is 18.3 Å². The fraction of sp³-hybridized carbons (Fsp3) is 0.375. The largest absolute Gasteiger partial charge is 0.416 e. The summed E-state index contributed by atoms with van der Waals surface area (Å²) in [7, 11) is 1.79. The second-order valence-electron chi connectivity index (χ2n) is 5.54. The Morgan fingerprint density at radius 3 is 2.43 bits per heavy atom. The average Bonchev–Trinajstić information content (AvgIpc) is 2.90. The van der Waals surface area contributed by atoms with Crippen LogP contribution in [0, 0.1) is 5.92 Å². The van der Waals surface area contributed by atoms with Crippen molar-refractivity contribution in [2.75, 3.05) is 0 Å². The van der Waals surface area contributed by atoms with Crippen molar-refractivity contribution in [3.05, 3.63) is 53.3 Å². The highest BCUT2D eigenvalue weighted by atomic mass is 19.4. The topological polar surface area (TPSA) is 46.9 Å². The van der Waals surface area contributed by atoms with Gasteiger partial charge in [0.1, 0.15) is 0 Å². The van der Waals surface area contributed by atoms with Crippen LogP contribution in [0.3, 0.4) is 0 Å². The third-order valence-electron chi connectivity index (χ3n) is 3.50. The highest BCUT2D eigenvalue weighted by Gasteiger charge is 2.30. The summed E-state index contributed by atoms with van der Waals surface area (Å²) in [6, 6.07) is 4.90. The fourth-order valence-electron chi connectivity index (χ4n) is 2.20. The van der Waals surface area contributed by atoms with Crippen molar-refractivity contribution in [2.45, 2.75) is 26.1 Å². The lowest BCUT2D eigenvalue weighted by Crippen LogP contribution is -2.29. The van der Waals surface area contributed by atoms with Crippen molar-refractivity contribution in [1.29, 1.82) is 0 Å². The molecule has 0 saturated heterocycles. The zero-order valence-corrected chi connectivity index (χ0v) is 12.9. The first-order valence-electron chi connectivity index (χ1n) is 7.17. The van der Waals surface area contributed by atoms with Gasteiger partial charge in [-0.1, -0.05) is 19.1 Å². The Kier molecular flexibility index (Phi) is 5.08. The summed E-state index contributed by atoms with van der Waals surface area (Å²) in [5.41, 5.74) is 0.902. The van der Waals surface area contributed by atoms with Gasteiger partial charge in [0.25, 0.3) is 0 Å². The van der Waals surface area contributed by atoms with Crippen LogP contribution >= 0.6 is 0 Å². The third-order valence-corrected chi connectivity index (χ3v) is 3.50. The molecule has 0 fully saturated rings. The number of halogens is 3. The molecular formula is C16H18F3N3O. The smallest absolute Gasteiger partial charge is 0.352 e. The van der Waals surface area contributed by atoms with Gasteiger partial charge in [0.2, 0.25) is 5.91 Å². The van der Waals surface area contributed by atoms with E-state index in [1.807, 2.05) is 0 Å². The molecule has 2 rings (SSSR count). The Morgan fingerprint density at radius 2 is 1.91 bits per heavy atom. The van der Waals surface area contributed by atoms with Crippen molar-refractivity contribution in [3.63, 3.8) is 0 Å². The Bertz CT molecular complexity index is 662. The molecule has 124 valence electrons. The van der Waals surface area contributed by atoms with Crippen LogP contribution in [0.4, 0.5) is 13.2 Å². The molecule has 0 aliphatic rings. The van der Waals surface area contributed by atoms with E-state index in [1.165, 1.54) is 12.1 Å². The summed E-state index contributed by atoms with van der Waals surface area (Å²) in [5.74, 6) is -0.475. The summed E-state index contributed by atoms with van der Waals surface area (Å²) < 4.78 is 39.2. The van der Waals surface area contributed by atoms with Gasteiger partial charge in [0, 0.05) is 31.3 Å². The van der Waals surface area contributed by atoms with Crippen molar-refractivity contribution in [2.24, 2.45) is 13.0 Å². The number of aryl methyl sites for hydroxylation is 1. The van der Waals surface area contributed by atoms with Crippen LogP contribution in [-0.2, 0) is 31.0 Å². The normalized spacial score (nSPS) is 12.9. The number of carbonyl (C=O) groups excluding carboxylic acids is 1. The van der Waals surface area contributed by atoms with Crippen LogP contribution in [0.1, 0.15) is 23.6 Å². The minimum absolute atomic E-state index is 0.145. The summed E-state index contributed by atoms with van der Waals surface area (Å²) in [5, 5.41) is 6.80. The average molecular weight is 325 g/mol. The Labute approximate surface area is 132 Å². The standard InChI is InChI=1S/C16H18F3N3O/c1-11(15(23)20-8-13-9-21-22(2)10-13)7-12-3-5-14(6-4-12)16(17,18)19/h3-6,9-11H,7-8H2,1-2H3,(H,20,23)/t11-/m0/s1. The number of rotatable bonds is 5. The molecule has 0 saturated carbocycles. The van der Waals surface area contributed by atoms with Crippen LogP contribution in [0.25, 0.3) is 0 Å². The molecule has 1 aromatic heterocycles. The van der Waals surface area contributed by atoms with E-state index in [1.54, 1.807) is 31.0 Å². The maximum Gasteiger partial charge on any atom is 0.416 e. The molecule has 0 aliphatic heterocycles. The van der Waals surface area contributed by atoms with Crippen LogP contribution in [0.2, 0.25) is 0 Å². The monoisotopic (exact) mass is 325 g/mol. The molecule has 0 spiro atoms. The lowest BCUT2D eigenvalue weighted by molar-refractivity contribution is -0.137. The van der Waals surface area contributed by atoms with Crippen molar-refractivity contribution >= 4 is 5.91 Å². The third kappa shape index (κ3) is 4.84. The second kappa shape index (κ2) is 6.85. The van der Waals surface area contributed by atoms with Crippen molar-refractivity contribution in [3.8, 4) is 0 Å². The SMILES string of the molecule is C[C@@H](Cc1ccc(C(F)(F)F)cc1)C(=O)NCc1cnn(C)c1. The molecule has 1 atom stereocenters. The molecule has 1 aromatic carbocycles. The Hall–Kier alpha value is -2.31. The van der Waals surface area contributed by atoms with Gasteiger partial charge in [-0.05, 0) is 24.1 Å². The number of hydrogen-bond donors (Lipinski definition) is 1. The van der Waals surface area contributed by atoms with Crippen molar-refractivity contribution in [1.82, 2.24) is 15.1 Å². The predicted octanol–water partition coefficient (Wildman–Crippen LogP) is 2.93. The number of nitrogens with zero attached hydrogens (tertiary/aromatic N) is 2. The molecular weight excluding hydrogens is 307 g/mol. The molecule has 0 radical (unpaired) electrons. The van der Waals surface area contributed by atoms with E-state index < -0.39 is 11.7 Å². The zero-order chi connectivity index (χ0) is 17.0. The van der Waals surface area contributed by atoms with Gasteiger partial charge >= 0.3 is 6.18 Å². The van der Waals surface area contributed by atoms with Crippen LogP contribution in [0.15, 0.2) is 36.7 Å². The number of amides is 1. The van der Waals surface area contributed by atoms with Gasteiger partial charge < -0.3 is 5.32 Å². The second-order valence-corrected chi connectivity index (χ2v) is 5.54. The first kappa shape index (κ1) is 17.1. The van der Waals surface area contributed by atoms with Crippen LogP contribution in [0.5, 0.6) is 0 Å². The Morgan fingerprint density at radius 1 is 1.26 bits per heavy atom. The van der Waals surface area contributed by atoms with E-state index in [0.717, 1.165) is 17.7 Å². The lowest BCUT2D eigenvalue weighted by atomic mass is 9.99. The van der Waals surface area contributed by atoms with E-state index in [4.69, 9.17) is 0 Å². The number of hydrogen-bond acceptors (Lipinski definition) is 2. The molecule has 1 amide bonds. The predicted molar refractivity (Wildman–Crippen MR) is 79.4 cm³/mol. The number of alkyl halides is 3. The number of aromatic nitrogens is 2. The molecule has 1 N–H and O–H groups in total. The maximum atomic E-state index is 12.5. The van der Waals surface area contributed by atoms with E-state index in [0.29, 0.717) is 18.5 Å². The van der Waals surface area contributed by atoms with Gasteiger partial charge in [-0.15, -0.1) is 0 Å². The summed E-state index contributed by atoms with van der Waals surface area (Å²) in [4.78, 5) is 12.0. The number of benzene rings is 1. The quantitative estimate of drug-likeness (QED) is 0.919. The van der Waals surface area contributed by atoms with Gasteiger partial charge in [-0.3, -0.25) is 9.48 Å². The van der Waals surface area contributed by atoms with E-state index in [-0.39, 0.29) is 11.8 Å². The highest BCUT2D eigenvalue weighted by Crippen LogP contribution is 2.29. The van der Waals surface area contributed by atoms with Gasteiger partial charge in [-0.25, -0.2) is 0 Å². The summed E-state index contributed by atoms with van der Waals surface area (Å²) in [6.07, 6.45) is -0.482. The van der Waals surface area contributed by atoms with Gasteiger partial charge in [0.05, 0.1) is 11.8 Å². The molecule has 7 heteroatoms. The fourth-order valence-corrected chi connectivity index (χ4v) is 2.20. The first-order valence-corrected chi connectivity index (χ1v) is 7.17. The van der Waals surface area contributed by atoms with E-state index in [2.05, 4.69) is 10.4 Å². The minimum atomic E-state index is -4.34. The zero-order valence-electron chi connectivity index (χ0n) is 12.9. The molecule has 0 aliphatic carbocycles. The van der Waals surface area contributed by atoms with Gasteiger partial charge in [0.15, 0.2) is 0 Å². The van der Waals surface area contributed by atoms with Crippen LogP contribution in [-0.4, -0.2) is 15.7 Å². The molecule has 2 aromatic rings. The summed E-state index contributed by atoms with van der Waals surface area (Å²) in [6.45, 7) is 2.13.